The van der Waals surface area contributed by atoms with Gasteiger partial charge in [0.1, 0.15) is 35.0 Å². The molecule has 1 N–H and O–H groups in total. The highest BCUT2D eigenvalue weighted by atomic mass is 35.5. The number of aromatic nitrogens is 4. The van der Waals surface area contributed by atoms with E-state index in [1.54, 1.807) is 30.6 Å². The number of nitriles is 1. The van der Waals surface area contributed by atoms with Crippen molar-refractivity contribution in [3.8, 4) is 17.6 Å². The monoisotopic (exact) mass is 402 g/mol. The third kappa shape index (κ3) is 4.23. The van der Waals surface area contributed by atoms with Gasteiger partial charge in [0.25, 0.3) is 0 Å². The summed E-state index contributed by atoms with van der Waals surface area (Å²) in [6.45, 7) is 0.676. The van der Waals surface area contributed by atoms with Crippen LogP contribution in [0.3, 0.4) is 0 Å². The Morgan fingerprint density at radius 1 is 1.00 bits per heavy atom. The largest absolute Gasteiger partial charge is 0.456 e. The van der Waals surface area contributed by atoms with Crippen LogP contribution in [0.5, 0.6) is 11.5 Å². The average molecular weight is 403 g/mol. The fourth-order valence-electron chi connectivity index (χ4n) is 2.80. The number of hydrogen-bond acceptors (Lipinski definition) is 7. The zero-order chi connectivity index (χ0) is 20.1. The van der Waals surface area contributed by atoms with E-state index >= 15 is 0 Å². The van der Waals surface area contributed by atoms with Crippen LogP contribution in [0.15, 0.2) is 61.2 Å². The van der Waals surface area contributed by atoms with E-state index in [-0.39, 0.29) is 0 Å². The molecule has 0 fully saturated rings. The molecule has 0 spiro atoms. The van der Waals surface area contributed by atoms with Crippen molar-refractivity contribution < 1.29 is 4.74 Å². The van der Waals surface area contributed by atoms with Crippen LogP contribution in [0.1, 0.15) is 11.1 Å². The summed E-state index contributed by atoms with van der Waals surface area (Å²) in [5.41, 5.74) is 2.65. The third-order valence-corrected chi connectivity index (χ3v) is 4.53. The molecule has 0 aliphatic carbocycles. The molecular weight excluding hydrogens is 388 g/mol. The first-order chi connectivity index (χ1) is 14.2. The normalized spacial score (nSPS) is 10.5. The van der Waals surface area contributed by atoms with Crippen LogP contribution in [0.25, 0.3) is 11.2 Å². The fourth-order valence-corrected chi connectivity index (χ4v) is 3.01. The zero-order valence-corrected chi connectivity index (χ0v) is 16.0. The molecule has 2 heterocycles. The van der Waals surface area contributed by atoms with Gasteiger partial charge >= 0.3 is 0 Å². The number of hydrogen-bond donors (Lipinski definition) is 1. The summed E-state index contributed by atoms with van der Waals surface area (Å²) in [6, 6.07) is 14.9. The molecule has 29 heavy (non-hydrogen) atoms. The van der Waals surface area contributed by atoms with E-state index in [2.05, 4.69) is 31.3 Å². The first-order valence-corrected chi connectivity index (χ1v) is 9.23. The molecule has 2 aromatic heterocycles. The lowest BCUT2D eigenvalue weighted by Gasteiger charge is -2.10. The summed E-state index contributed by atoms with van der Waals surface area (Å²) in [7, 11) is 0. The van der Waals surface area contributed by atoms with E-state index in [4.69, 9.17) is 16.3 Å². The molecule has 0 aliphatic rings. The van der Waals surface area contributed by atoms with Gasteiger partial charge in [0.2, 0.25) is 0 Å². The quantitative estimate of drug-likeness (QED) is 0.510. The average Bonchev–Trinajstić information content (AvgIpc) is 2.75. The molecule has 0 bridgehead atoms. The molecule has 0 saturated carbocycles. The molecule has 4 rings (SSSR count). The van der Waals surface area contributed by atoms with Gasteiger partial charge in [-0.1, -0.05) is 29.8 Å². The Morgan fingerprint density at radius 2 is 1.83 bits per heavy atom. The lowest BCUT2D eigenvalue weighted by Crippen LogP contribution is -2.08. The second-order valence-electron chi connectivity index (χ2n) is 6.10. The molecule has 4 aromatic rings. The van der Waals surface area contributed by atoms with Crippen LogP contribution in [-0.2, 0) is 6.42 Å². The SMILES string of the molecule is N#Cc1c(Cl)cccc1Oc1ccc(CCNc2ncnc3nccnc23)cc1. The summed E-state index contributed by atoms with van der Waals surface area (Å²) in [5, 5.41) is 12.9. The van der Waals surface area contributed by atoms with E-state index in [1.807, 2.05) is 24.3 Å². The maximum absolute atomic E-state index is 9.24. The number of halogens is 1. The molecule has 7 nitrogen and oxygen atoms in total. The van der Waals surface area contributed by atoms with Crippen molar-refractivity contribution in [2.24, 2.45) is 0 Å². The maximum Gasteiger partial charge on any atom is 0.183 e. The van der Waals surface area contributed by atoms with E-state index < -0.39 is 0 Å². The Hall–Kier alpha value is -3.76. The number of nitrogens with zero attached hydrogens (tertiary/aromatic N) is 5. The topological polar surface area (TPSA) is 96.6 Å². The van der Waals surface area contributed by atoms with Gasteiger partial charge in [0.15, 0.2) is 11.5 Å². The van der Waals surface area contributed by atoms with E-state index in [0.717, 1.165) is 12.0 Å². The van der Waals surface area contributed by atoms with E-state index in [1.165, 1.54) is 6.33 Å². The van der Waals surface area contributed by atoms with Crippen LogP contribution in [0, 0.1) is 11.3 Å². The van der Waals surface area contributed by atoms with Crippen LogP contribution >= 0.6 is 11.6 Å². The number of rotatable bonds is 6. The van der Waals surface area contributed by atoms with Crippen LogP contribution < -0.4 is 10.1 Å². The van der Waals surface area contributed by atoms with Crippen molar-refractivity contribution in [2.75, 3.05) is 11.9 Å². The molecular formula is C21H15ClN6O. The van der Waals surface area contributed by atoms with Crippen LogP contribution in [0.2, 0.25) is 5.02 Å². The molecule has 0 unspecified atom stereocenters. The summed E-state index contributed by atoms with van der Waals surface area (Å²) < 4.78 is 5.80. The number of nitrogens with one attached hydrogen (secondary N) is 1. The van der Waals surface area contributed by atoms with Gasteiger partial charge in [0.05, 0.1) is 5.02 Å². The summed E-state index contributed by atoms with van der Waals surface area (Å²) in [6.07, 6.45) is 5.47. The van der Waals surface area contributed by atoms with Gasteiger partial charge in [-0.15, -0.1) is 0 Å². The minimum absolute atomic E-state index is 0.322. The second kappa shape index (κ2) is 8.50. The number of fused-ring (bicyclic) bond motifs is 1. The standard InChI is InChI=1S/C21H15ClN6O/c22-17-2-1-3-18(16(17)12-23)29-15-6-4-14(5-7-15)8-9-25-20-19-21(28-13-27-20)26-11-10-24-19/h1-7,10-11,13H,8-9H2,(H,25,26,27,28). The maximum atomic E-state index is 9.24. The first-order valence-electron chi connectivity index (χ1n) is 8.85. The van der Waals surface area contributed by atoms with Gasteiger partial charge in [-0.3, -0.25) is 0 Å². The number of benzene rings is 2. The molecule has 0 radical (unpaired) electrons. The molecule has 2 aromatic carbocycles. The predicted octanol–water partition coefficient (Wildman–Crippen LogP) is 4.39. The van der Waals surface area contributed by atoms with Crippen molar-refractivity contribution in [1.29, 1.82) is 5.26 Å². The molecule has 0 amide bonds. The Bertz CT molecular complexity index is 1180. The summed E-state index contributed by atoms with van der Waals surface area (Å²) in [5.74, 6) is 1.73. The lowest BCUT2D eigenvalue weighted by molar-refractivity contribution is 0.481. The van der Waals surface area contributed by atoms with Gasteiger partial charge < -0.3 is 10.1 Å². The Labute approximate surface area is 172 Å². The van der Waals surface area contributed by atoms with Crippen molar-refractivity contribution in [2.45, 2.75) is 6.42 Å². The highest BCUT2D eigenvalue weighted by molar-refractivity contribution is 6.31. The number of anilines is 1. The Balaban J connectivity index is 1.39. The highest BCUT2D eigenvalue weighted by Gasteiger charge is 2.09. The smallest absolute Gasteiger partial charge is 0.183 e. The fraction of sp³-hybridized carbons (Fsp3) is 0.0952. The second-order valence-corrected chi connectivity index (χ2v) is 6.51. The van der Waals surface area contributed by atoms with Crippen LogP contribution in [0.4, 0.5) is 5.82 Å². The molecule has 142 valence electrons. The minimum atomic E-state index is 0.322. The van der Waals surface area contributed by atoms with Crippen molar-refractivity contribution >= 4 is 28.6 Å². The third-order valence-electron chi connectivity index (χ3n) is 4.21. The lowest BCUT2D eigenvalue weighted by atomic mass is 10.1. The molecule has 8 heteroatoms. The predicted molar refractivity (Wildman–Crippen MR) is 110 cm³/mol. The number of ether oxygens (including phenoxy) is 1. The van der Waals surface area contributed by atoms with Crippen molar-refractivity contribution in [1.82, 2.24) is 19.9 Å². The minimum Gasteiger partial charge on any atom is -0.456 e. The van der Waals surface area contributed by atoms with Gasteiger partial charge in [-0.05, 0) is 36.2 Å². The van der Waals surface area contributed by atoms with E-state index in [0.29, 0.717) is 45.6 Å². The van der Waals surface area contributed by atoms with Gasteiger partial charge in [0, 0.05) is 18.9 Å². The van der Waals surface area contributed by atoms with Crippen LogP contribution in [-0.4, -0.2) is 26.5 Å². The zero-order valence-electron chi connectivity index (χ0n) is 15.2. The molecule has 0 aliphatic heterocycles. The van der Waals surface area contributed by atoms with Crippen molar-refractivity contribution in [3.05, 3.63) is 77.3 Å². The summed E-state index contributed by atoms with van der Waals surface area (Å²) >= 11 is 6.04. The molecule has 0 saturated heterocycles. The Morgan fingerprint density at radius 3 is 2.66 bits per heavy atom. The van der Waals surface area contributed by atoms with Crippen molar-refractivity contribution in [3.63, 3.8) is 0 Å². The van der Waals surface area contributed by atoms with Gasteiger partial charge in [-0.2, -0.15) is 5.26 Å². The summed E-state index contributed by atoms with van der Waals surface area (Å²) in [4.78, 5) is 16.8. The van der Waals surface area contributed by atoms with E-state index in [9.17, 15) is 5.26 Å². The van der Waals surface area contributed by atoms with Gasteiger partial charge in [-0.25, -0.2) is 19.9 Å². The highest BCUT2D eigenvalue weighted by Crippen LogP contribution is 2.29. The Kier molecular flexibility index (Phi) is 5.45. The first kappa shape index (κ1) is 18.6. The molecule has 0 atom stereocenters.